The van der Waals surface area contributed by atoms with Gasteiger partial charge in [-0.1, -0.05) is 38.5 Å². The van der Waals surface area contributed by atoms with E-state index in [1.54, 1.807) is 13.1 Å². The quantitative estimate of drug-likeness (QED) is 0.0320. The number of para-hydroxylation sites is 1. The van der Waals surface area contributed by atoms with Crippen molar-refractivity contribution in [2.24, 2.45) is 28.1 Å². The second kappa shape index (κ2) is 26.7. The first-order valence-corrected chi connectivity index (χ1v) is 27.6. The zero-order chi connectivity index (χ0) is 57.1. The fourth-order valence-corrected chi connectivity index (χ4v) is 11.5. The number of amides is 10. The van der Waals surface area contributed by atoms with Gasteiger partial charge in [0.05, 0.1) is 0 Å². The Bertz CT molecular complexity index is 2670. The Morgan fingerprint density at radius 2 is 1.27 bits per heavy atom. The van der Waals surface area contributed by atoms with Gasteiger partial charge in [0.2, 0.25) is 59.1 Å². The molecule has 26 heteroatoms. The van der Waals surface area contributed by atoms with Gasteiger partial charge in [-0.05, 0) is 94.6 Å². The molecule has 1 aromatic heterocycles. The van der Waals surface area contributed by atoms with Crippen molar-refractivity contribution in [3.63, 3.8) is 0 Å². The summed E-state index contributed by atoms with van der Waals surface area (Å²) in [6.07, 6.45) is 5.01. The summed E-state index contributed by atoms with van der Waals surface area (Å²) in [7, 11) is 0. The first-order chi connectivity index (χ1) is 37.8. The number of aromatic amines is 1. The molecule has 5 fully saturated rings. The molecule has 13 N–H and O–H groups in total. The van der Waals surface area contributed by atoms with Crippen LogP contribution in [0.15, 0.2) is 35.5 Å². The second-order valence-electron chi connectivity index (χ2n) is 21.3. The monoisotopic (exact) mass is 1100 g/mol. The van der Waals surface area contributed by atoms with Crippen molar-refractivity contribution in [3.05, 3.63) is 36.0 Å². The summed E-state index contributed by atoms with van der Waals surface area (Å²) in [4.78, 5) is 163. The summed E-state index contributed by atoms with van der Waals surface area (Å²) < 4.78 is 0. The Morgan fingerprint density at radius 1 is 0.696 bits per heavy atom. The molecule has 0 saturated carbocycles. The molecule has 1 unspecified atom stereocenters. The maximum absolute atomic E-state index is 14.8. The number of carbonyl (C=O) groups is 11. The van der Waals surface area contributed by atoms with Gasteiger partial charge in [0.25, 0.3) is 0 Å². The van der Waals surface area contributed by atoms with Crippen molar-refractivity contribution in [2.75, 3.05) is 32.7 Å². The number of aromatic nitrogens is 1. The topological polar surface area (TPSA) is 387 Å². The number of nitrogens with two attached hydrogens (primary N) is 3. The molecule has 79 heavy (non-hydrogen) atoms. The Kier molecular flexibility index (Phi) is 19.9. The lowest BCUT2D eigenvalue weighted by Crippen LogP contribution is -2.60. The summed E-state index contributed by atoms with van der Waals surface area (Å²) in [5, 5.41) is 24.4. The average molecular weight is 1100 g/mol. The lowest BCUT2D eigenvalue weighted by Gasteiger charge is -2.34. The van der Waals surface area contributed by atoms with Gasteiger partial charge in [-0.3, -0.25) is 52.9 Å². The molecule has 5 aliphatic rings. The predicted octanol–water partition coefficient (Wildman–Crippen LogP) is -1.66. The molecule has 6 heterocycles. The summed E-state index contributed by atoms with van der Waals surface area (Å²) in [6, 6.07) is -2.52. The molecule has 5 aliphatic heterocycles. The fraction of sp³-hybridized carbons (Fsp3) is 0.623. The number of rotatable bonds is 24. The van der Waals surface area contributed by atoms with E-state index in [0.717, 1.165) is 16.5 Å². The minimum Gasteiger partial charge on any atom is -0.480 e. The highest BCUT2D eigenvalue weighted by Crippen LogP contribution is 2.29. The van der Waals surface area contributed by atoms with Gasteiger partial charge in [-0.15, -0.1) is 0 Å². The minimum absolute atomic E-state index is 0.00945. The predicted molar refractivity (Wildman–Crippen MR) is 285 cm³/mol. The Labute approximate surface area is 457 Å². The van der Waals surface area contributed by atoms with Crippen molar-refractivity contribution in [1.29, 1.82) is 0 Å². The van der Waals surface area contributed by atoms with Gasteiger partial charge in [-0.25, -0.2) is 4.79 Å². The molecule has 10 atom stereocenters. The van der Waals surface area contributed by atoms with Crippen LogP contribution in [0, 0.1) is 5.92 Å². The third-order valence-corrected chi connectivity index (χ3v) is 16.0. The average Bonchev–Trinajstić information content (AvgIpc) is 4.38. The number of nitrogens with one attached hydrogen (secondary N) is 6. The lowest BCUT2D eigenvalue weighted by atomic mass is 9.96. The van der Waals surface area contributed by atoms with E-state index in [0.29, 0.717) is 44.9 Å². The smallest absolute Gasteiger partial charge is 0.326 e. The van der Waals surface area contributed by atoms with Crippen molar-refractivity contribution in [3.8, 4) is 0 Å². The third-order valence-electron chi connectivity index (χ3n) is 16.0. The first kappa shape index (κ1) is 58.9. The van der Waals surface area contributed by atoms with Crippen LogP contribution >= 0.6 is 0 Å². The van der Waals surface area contributed by atoms with Gasteiger partial charge >= 0.3 is 5.97 Å². The maximum atomic E-state index is 14.8. The van der Waals surface area contributed by atoms with E-state index in [9.17, 15) is 57.8 Å². The van der Waals surface area contributed by atoms with Crippen molar-refractivity contribution in [1.82, 2.24) is 51.2 Å². The Hall–Kier alpha value is -7.80. The number of carboxylic acids is 1. The number of fused-ring (bicyclic) bond motifs is 1. The number of guanidine groups is 1. The van der Waals surface area contributed by atoms with Crippen LogP contribution in [0.2, 0.25) is 0 Å². The summed E-state index contributed by atoms with van der Waals surface area (Å²) in [5.41, 5.74) is 18.2. The first-order valence-electron chi connectivity index (χ1n) is 27.6. The number of likely N-dealkylation sites (tertiary alicyclic amines) is 4. The van der Waals surface area contributed by atoms with Crippen LogP contribution < -0.4 is 43.8 Å². The van der Waals surface area contributed by atoms with Gasteiger partial charge in [0.1, 0.15) is 54.4 Å². The van der Waals surface area contributed by atoms with Crippen LogP contribution in [0.3, 0.4) is 0 Å². The van der Waals surface area contributed by atoms with Crippen molar-refractivity contribution >= 4 is 81.9 Å². The molecular formula is C53H76N14O12. The summed E-state index contributed by atoms with van der Waals surface area (Å²) in [5.74, 6) is -7.78. The molecule has 0 bridgehead atoms. The molecule has 10 amide bonds. The normalized spacial score (nSPS) is 22.8. The molecule has 5 saturated heterocycles. The van der Waals surface area contributed by atoms with Crippen LogP contribution in [0.1, 0.15) is 116 Å². The zero-order valence-electron chi connectivity index (χ0n) is 44.9. The SMILES string of the molecule is CCC(C)[C@H](NC(=O)[C@@H](CCC(N)=O)NC(=O)[C@@H]1CCCN1C(=O)[C@H](CCCN=C(N)N)NC(=O)[C@@H]1CCCN1C(=O)[C@H](Cc1c[nH]c2ccccc12)NC(=O)[C@@H]1CCC(=O)N1)C(=O)N1CCC[C@H]1C(=O)N1CCC[C@H]1C(=O)O. The number of hydrogen-bond acceptors (Lipinski definition) is 12. The summed E-state index contributed by atoms with van der Waals surface area (Å²) in [6.45, 7) is 4.33. The highest BCUT2D eigenvalue weighted by molar-refractivity contribution is 6.00. The number of primary amides is 1. The number of benzene rings is 1. The minimum atomic E-state index is -1.42. The highest BCUT2D eigenvalue weighted by atomic mass is 16.4. The standard InChI is InChI=1S/C53H76N14O12/c1-3-29(2)43(51(77)66-25-9-16-39(66)50(76)67-26-10-17-40(67)52(78)79)63-45(71)34(18-20-41(54)68)60-46(72)37-14-7-23-64(37)48(74)35(13-6-22-57-53(55)56)61-47(73)38-15-8-24-65(38)49(75)36(62-44(70)33-19-21-42(69)59-33)27-30-28-58-32-12-5-4-11-31(30)32/h4-5,11-12,28-29,33-40,43,58H,3,6-10,13-27H2,1-2H3,(H2,54,68)(H,59,69)(H,60,72)(H,61,73)(H,62,70)(H,63,71)(H,78,79)(H4,55,56,57)/t29?,33-,34+,35-,36-,37-,38-,39-,40-,43-/m0/s1. The molecule has 0 radical (unpaired) electrons. The van der Waals surface area contributed by atoms with E-state index in [4.69, 9.17) is 17.2 Å². The van der Waals surface area contributed by atoms with E-state index in [2.05, 4.69) is 36.6 Å². The molecule has 2 aromatic rings. The number of hydrogen-bond donors (Lipinski definition) is 10. The van der Waals surface area contributed by atoms with Crippen LogP contribution in [-0.4, -0.2) is 188 Å². The number of nitrogens with zero attached hydrogens (tertiary/aromatic N) is 5. The highest BCUT2D eigenvalue weighted by Gasteiger charge is 2.46. The number of carbonyl (C=O) groups excluding carboxylic acids is 10. The second-order valence-corrected chi connectivity index (χ2v) is 21.3. The molecular weight excluding hydrogens is 1020 g/mol. The van der Waals surface area contributed by atoms with E-state index < -0.39 is 119 Å². The fourth-order valence-electron chi connectivity index (χ4n) is 11.5. The zero-order valence-corrected chi connectivity index (χ0v) is 44.9. The van der Waals surface area contributed by atoms with E-state index in [1.165, 1.54) is 19.6 Å². The Morgan fingerprint density at radius 3 is 1.86 bits per heavy atom. The van der Waals surface area contributed by atoms with Crippen molar-refractivity contribution in [2.45, 2.75) is 171 Å². The number of H-pyrrole nitrogens is 1. The molecule has 7 rings (SSSR count). The summed E-state index contributed by atoms with van der Waals surface area (Å²) >= 11 is 0. The van der Waals surface area contributed by atoms with Crippen LogP contribution in [-0.2, 0) is 59.2 Å². The van der Waals surface area contributed by atoms with Gasteiger partial charge in [-0.2, -0.15) is 0 Å². The van der Waals surface area contributed by atoms with E-state index in [1.807, 2.05) is 31.2 Å². The van der Waals surface area contributed by atoms with Gasteiger partial charge in [0.15, 0.2) is 5.96 Å². The third kappa shape index (κ3) is 14.3. The van der Waals surface area contributed by atoms with Crippen LogP contribution in [0.25, 0.3) is 10.9 Å². The van der Waals surface area contributed by atoms with Crippen LogP contribution in [0.4, 0.5) is 0 Å². The molecule has 26 nitrogen and oxygen atoms in total. The molecule has 430 valence electrons. The number of carboxylic acid groups (broad SMARTS) is 1. The van der Waals surface area contributed by atoms with Gasteiger partial charge in [0, 0.05) is 69.1 Å². The van der Waals surface area contributed by atoms with Crippen LogP contribution in [0.5, 0.6) is 0 Å². The maximum Gasteiger partial charge on any atom is 0.326 e. The lowest BCUT2D eigenvalue weighted by molar-refractivity contribution is -0.152. The largest absolute Gasteiger partial charge is 0.480 e. The van der Waals surface area contributed by atoms with Gasteiger partial charge < -0.3 is 73.5 Å². The molecule has 1 aromatic carbocycles. The Balaban J connectivity index is 1.06. The van der Waals surface area contributed by atoms with Crippen molar-refractivity contribution < 1.29 is 57.8 Å². The van der Waals surface area contributed by atoms with E-state index in [-0.39, 0.29) is 102 Å². The molecule has 0 spiro atoms. The number of aliphatic carboxylic acids is 1. The molecule has 0 aliphatic carbocycles. The van der Waals surface area contributed by atoms with E-state index >= 15 is 0 Å². The number of aliphatic imine (C=N–C) groups is 1.